The van der Waals surface area contributed by atoms with Gasteiger partial charge in [-0.2, -0.15) is 0 Å². The summed E-state index contributed by atoms with van der Waals surface area (Å²) < 4.78 is 5.97. The fourth-order valence-corrected chi connectivity index (χ4v) is 2.65. The summed E-state index contributed by atoms with van der Waals surface area (Å²) in [5, 5.41) is 1.35. The molecule has 0 aliphatic rings. The second-order valence-corrected chi connectivity index (χ2v) is 5.50. The van der Waals surface area contributed by atoms with Crippen molar-refractivity contribution in [2.75, 3.05) is 0 Å². The molecular weight excluding hydrogens is 303 g/mol. The molecule has 4 heteroatoms. The van der Waals surface area contributed by atoms with E-state index >= 15 is 0 Å². The van der Waals surface area contributed by atoms with Crippen LogP contribution in [0.4, 0.5) is 0 Å². The van der Waals surface area contributed by atoms with E-state index < -0.39 is 0 Å². The SMILES string of the molecule is Cc1cc(Cl)cc(C)c1Oc1ccc(Cl)cc1CCl. The minimum absolute atomic E-state index is 0.349. The van der Waals surface area contributed by atoms with Crippen molar-refractivity contribution in [2.45, 2.75) is 19.7 Å². The van der Waals surface area contributed by atoms with Crippen LogP contribution in [0.3, 0.4) is 0 Å². The summed E-state index contributed by atoms with van der Waals surface area (Å²) in [5.41, 5.74) is 2.84. The van der Waals surface area contributed by atoms with Crippen molar-refractivity contribution < 1.29 is 4.74 Å². The maximum absolute atomic E-state index is 6.01. The highest BCUT2D eigenvalue weighted by molar-refractivity contribution is 6.31. The molecule has 0 aliphatic carbocycles. The van der Waals surface area contributed by atoms with Crippen LogP contribution in [0, 0.1) is 13.8 Å². The summed E-state index contributed by atoms with van der Waals surface area (Å²) in [5.74, 6) is 1.87. The van der Waals surface area contributed by atoms with Crippen molar-refractivity contribution in [3.63, 3.8) is 0 Å². The molecule has 0 fully saturated rings. The van der Waals surface area contributed by atoms with Crippen LogP contribution < -0.4 is 4.74 Å². The van der Waals surface area contributed by atoms with Crippen LogP contribution in [0.25, 0.3) is 0 Å². The molecule has 2 aromatic rings. The van der Waals surface area contributed by atoms with E-state index in [1.807, 2.05) is 38.1 Å². The Hall–Kier alpha value is -0.890. The fourth-order valence-electron chi connectivity index (χ4n) is 1.92. The number of alkyl halides is 1. The molecule has 0 bridgehead atoms. The molecule has 2 aromatic carbocycles. The van der Waals surface area contributed by atoms with Crippen molar-refractivity contribution >= 4 is 34.8 Å². The highest BCUT2D eigenvalue weighted by atomic mass is 35.5. The Labute approximate surface area is 128 Å². The molecule has 0 N–H and O–H groups in total. The second-order valence-electron chi connectivity index (χ2n) is 4.36. The van der Waals surface area contributed by atoms with E-state index in [0.29, 0.717) is 21.7 Å². The van der Waals surface area contributed by atoms with Gasteiger partial charge in [0.15, 0.2) is 0 Å². The lowest BCUT2D eigenvalue weighted by Gasteiger charge is -2.14. The number of aryl methyl sites for hydroxylation is 2. The molecule has 0 radical (unpaired) electrons. The van der Waals surface area contributed by atoms with E-state index in [4.69, 9.17) is 39.5 Å². The van der Waals surface area contributed by atoms with Gasteiger partial charge >= 0.3 is 0 Å². The molecule has 0 aromatic heterocycles. The van der Waals surface area contributed by atoms with E-state index in [0.717, 1.165) is 22.4 Å². The number of ether oxygens (including phenoxy) is 1. The van der Waals surface area contributed by atoms with Gasteiger partial charge in [0.1, 0.15) is 11.5 Å². The van der Waals surface area contributed by atoms with Crippen molar-refractivity contribution in [1.29, 1.82) is 0 Å². The van der Waals surface area contributed by atoms with Crippen LogP contribution in [-0.4, -0.2) is 0 Å². The first-order chi connectivity index (χ1) is 9.01. The molecule has 0 unspecified atom stereocenters. The average Bonchev–Trinajstić information content (AvgIpc) is 2.35. The lowest BCUT2D eigenvalue weighted by Crippen LogP contribution is -1.94. The highest BCUT2D eigenvalue weighted by Crippen LogP contribution is 2.34. The van der Waals surface area contributed by atoms with Gasteiger partial charge in [0.25, 0.3) is 0 Å². The zero-order chi connectivity index (χ0) is 14.0. The van der Waals surface area contributed by atoms with Crippen LogP contribution >= 0.6 is 34.8 Å². The lowest BCUT2D eigenvalue weighted by atomic mass is 10.1. The second kappa shape index (κ2) is 6.04. The molecule has 0 spiro atoms. The molecular formula is C15H13Cl3O. The van der Waals surface area contributed by atoms with Gasteiger partial charge in [-0.15, -0.1) is 11.6 Å². The number of rotatable bonds is 3. The summed E-state index contributed by atoms with van der Waals surface area (Å²) >= 11 is 17.9. The molecule has 0 heterocycles. The largest absolute Gasteiger partial charge is 0.456 e. The van der Waals surface area contributed by atoms with Gasteiger partial charge in [-0.3, -0.25) is 0 Å². The third-order valence-electron chi connectivity index (χ3n) is 2.80. The minimum Gasteiger partial charge on any atom is -0.456 e. The van der Waals surface area contributed by atoms with Gasteiger partial charge in [-0.05, 0) is 55.3 Å². The van der Waals surface area contributed by atoms with Gasteiger partial charge in [0.05, 0.1) is 5.88 Å². The molecule has 0 saturated heterocycles. The number of hydrogen-bond donors (Lipinski definition) is 0. The molecule has 0 atom stereocenters. The summed E-state index contributed by atoms with van der Waals surface area (Å²) in [7, 11) is 0. The highest BCUT2D eigenvalue weighted by Gasteiger charge is 2.10. The molecule has 0 aliphatic heterocycles. The third-order valence-corrected chi connectivity index (χ3v) is 3.54. The van der Waals surface area contributed by atoms with Gasteiger partial charge in [0, 0.05) is 15.6 Å². The normalized spacial score (nSPS) is 10.6. The molecule has 100 valence electrons. The van der Waals surface area contributed by atoms with Crippen LogP contribution in [0.1, 0.15) is 16.7 Å². The predicted octanol–water partition coefficient (Wildman–Crippen LogP) is 6.14. The van der Waals surface area contributed by atoms with Crippen molar-refractivity contribution in [2.24, 2.45) is 0 Å². The number of benzene rings is 2. The zero-order valence-electron chi connectivity index (χ0n) is 10.6. The standard InChI is InChI=1S/C15H13Cl3O/c1-9-5-13(18)6-10(2)15(9)19-14-4-3-12(17)7-11(14)8-16/h3-7H,8H2,1-2H3. The van der Waals surface area contributed by atoms with Gasteiger partial charge in [0.2, 0.25) is 0 Å². The van der Waals surface area contributed by atoms with Crippen LogP contribution in [-0.2, 0) is 5.88 Å². The topological polar surface area (TPSA) is 9.23 Å². The summed E-state index contributed by atoms with van der Waals surface area (Å²) in [6.45, 7) is 3.93. The predicted molar refractivity (Wildman–Crippen MR) is 82.0 cm³/mol. The van der Waals surface area contributed by atoms with E-state index in [1.165, 1.54) is 0 Å². The zero-order valence-corrected chi connectivity index (χ0v) is 12.9. The smallest absolute Gasteiger partial charge is 0.133 e. The van der Waals surface area contributed by atoms with Gasteiger partial charge < -0.3 is 4.74 Å². The van der Waals surface area contributed by atoms with Gasteiger partial charge in [-0.25, -0.2) is 0 Å². The van der Waals surface area contributed by atoms with Crippen LogP contribution in [0.15, 0.2) is 30.3 Å². The Kier molecular flexibility index (Phi) is 4.62. The Morgan fingerprint density at radius 1 is 0.947 bits per heavy atom. The van der Waals surface area contributed by atoms with Crippen LogP contribution in [0.5, 0.6) is 11.5 Å². The lowest BCUT2D eigenvalue weighted by molar-refractivity contribution is 0.471. The van der Waals surface area contributed by atoms with E-state index in [-0.39, 0.29) is 0 Å². The summed E-state index contributed by atoms with van der Waals surface area (Å²) in [4.78, 5) is 0. The van der Waals surface area contributed by atoms with Crippen molar-refractivity contribution in [1.82, 2.24) is 0 Å². The molecule has 2 rings (SSSR count). The Bertz CT molecular complexity index is 585. The third kappa shape index (κ3) is 3.36. The van der Waals surface area contributed by atoms with E-state index in [9.17, 15) is 0 Å². The van der Waals surface area contributed by atoms with E-state index in [2.05, 4.69) is 0 Å². The molecule has 0 saturated carbocycles. The first-order valence-corrected chi connectivity index (χ1v) is 7.09. The Balaban J connectivity index is 2.42. The Morgan fingerprint density at radius 3 is 2.16 bits per heavy atom. The summed E-state index contributed by atoms with van der Waals surface area (Å²) in [6, 6.07) is 9.17. The summed E-state index contributed by atoms with van der Waals surface area (Å²) in [6.07, 6.45) is 0. The first-order valence-electron chi connectivity index (χ1n) is 5.80. The minimum atomic E-state index is 0.349. The molecule has 19 heavy (non-hydrogen) atoms. The first kappa shape index (κ1) is 14.5. The van der Waals surface area contributed by atoms with Crippen LogP contribution in [0.2, 0.25) is 10.0 Å². The molecule has 1 nitrogen and oxygen atoms in total. The maximum atomic E-state index is 6.01. The van der Waals surface area contributed by atoms with Gasteiger partial charge in [-0.1, -0.05) is 23.2 Å². The number of halogens is 3. The Morgan fingerprint density at radius 2 is 1.58 bits per heavy atom. The fraction of sp³-hybridized carbons (Fsp3) is 0.200. The quantitative estimate of drug-likeness (QED) is 0.618. The molecule has 0 amide bonds. The monoisotopic (exact) mass is 314 g/mol. The van der Waals surface area contributed by atoms with E-state index in [1.54, 1.807) is 6.07 Å². The van der Waals surface area contributed by atoms with Crippen molar-refractivity contribution in [3.8, 4) is 11.5 Å². The maximum Gasteiger partial charge on any atom is 0.133 e. The average molecular weight is 316 g/mol. The van der Waals surface area contributed by atoms with Crippen molar-refractivity contribution in [3.05, 3.63) is 57.1 Å². The number of hydrogen-bond acceptors (Lipinski definition) is 1.